The van der Waals surface area contributed by atoms with E-state index in [0.29, 0.717) is 10.0 Å². The Morgan fingerprint density at radius 2 is 1.65 bits per heavy atom. The molecule has 0 amide bonds. The molecule has 0 aromatic heterocycles. The van der Waals surface area contributed by atoms with E-state index in [1.807, 2.05) is 36.4 Å². The zero-order chi connectivity index (χ0) is 12.1. The van der Waals surface area contributed by atoms with Crippen molar-refractivity contribution in [1.82, 2.24) is 0 Å². The lowest BCUT2D eigenvalue weighted by Gasteiger charge is -1.99. The van der Waals surface area contributed by atoms with Crippen molar-refractivity contribution in [3.63, 3.8) is 0 Å². The van der Waals surface area contributed by atoms with Crippen LogP contribution in [0.3, 0.4) is 0 Å². The van der Waals surface area contributed by atoms with Crippen molar-refractivity contribution in [2.45, 2.75) is 6.42 Å². The molecular formula is C15H12Cl2. The molecule has 0 spiro atoms. The lowest BCUT2D eigenvalue weighted by molar-refractivity contribution is 1.28. The lowest BCUT2D eigenvalue weighted by atomic mass is 10.1. The molecule has 0 aliphatic rings. The molecule has 2 aromatic carbocycles. The number of benzene rings is 2. The molecule has 86 valence electrons. The average molecular weight is 263 g/mol. The van der Waals surface area contributed by atoms with Crippen molar-refractivity contribution in [3.8, 4) is 0 Å². The Morgan fingerprint density at radius 3 is 2.35 bits per heavy atom. The average Bonchev–Trinajstić information content (AvgIpc) is 2.35. The molecule has 0 aliphatic carbocycles. The fourth-order valence-corrected chi connectivity index (χ4v) is 1.88. The van der Waals surface area contributed by atoms with Crippen LogP contribution in [-0.2, 0) is 6.42 Å². The molecule has 0 saturated carbocycles. The van der Waals surface area contributed by atoms with Crippen LogP contribution in [0.5, 0.6) is 0 Å². The van der Waals surface area contributed by atoms with Crippen LogP contribution < -0.4 is 0 Å². The molecule has 0 heterocycles. The SMILES string of the molecule is Clc1ccc(C/C=C/c2ccccc2)cc1Cl. The van der Waals surface area contributed by atoms with E-state index >= 15 is 0 Å². The Bertz CT molecular complexity index is 516. The van der Waals surface area contributed by atoms with Crippen molar-refractivity contribution in [2.24, 2.45) is 0 Å². The van der Waals surface area contributed by atoms with Gasteiger partial charge in [0, 0.05) is 0 Å². The molecule has 0 radical (unpaired) electrons. The monoisotopic (exact) mass is 262 g/mol. The van der Waals surface area contributed by atoms with E-state index < -0.39 is 0 Å². The fraction of sp³-hybridized carbons (Fsp3) is 0.0667. The van der Waals surface area contributed by atoms with Gasteiger partial charge >= 0.3 is 0 Å². The van der Waals surface area contributed by atoms with Gasteiger partial charge in [0.2, 0.25) is 0 Å². The van der Waals surface area contributed by atoms with Crippen LogP contribution in [0.15, 0.2) is 54.6 Å². The molecule has 0 N–H and O–H groups in total. The summed E-state index contributed by atoms with van der Waals surface area (Å²) < 4.78 is 0. The highest BCUT2D eigenvalue weighted by Crippen LogP contribution is 2.22. The van der Waals surface area contributed by atoms with E-state index in [0.717, 1.165) is 12.0 Å². The Morgan fingerprint density at radius 1 is 0.882 bits per heavy atom. The summed E-state index contributed by atoms with van der Waals surface area (Å²) in [5.41, 5.74) is 2.36. The van der Waals surface area contributed by atoms with Crippen LogP contribution in [0.25, 0.3) is 6.08 Å². The summed E-state index contributed by atoms with van der Waals surface area (Å²) in [6.45, 7) is 0. The summed E-state index contributed by atoms with van der Waals surface area (Å²) in [6, 6.07) is 15.9. The van der Waals surface area contributed by atoms with Gasteiger partial charge in [-0.05, 0) is 29.7 Å². The molecule has 2 heteroatoms. The topological polar surface area (TPSA) is 0 Å². The number of rotatable bonds is 3. The lowest BCUT2D eigenvalue weighted by Crippen LogP contribution is -1.81. The maximum absolute atomic E-state index is 5.95. The van der Waals surface area contributed by atoms with E-state index in [-0.39, 0.29) is 0 Å². The summed E-state index contributed by atoms with van der Waals surface area (Å²) in [4.78, 5) is 0. The van der Waals surface area contributed by atoms with E-state index in [1.165, 1.54) is 5.56 Å². The predicted molar refractivity (Wildman–Crippen MR) is 75.6 cm³/mol. The van der Waals surface area contributed by atoms with Gasteiger partial charge in [0.15, 0.2) is 0 Å². The molecule has 0 unspecified atom stereocenters. The highest BCUT2D eigenvalue weighted by Gasteiger charge is 1.97. The quantitative estimate of drug-likeness (QED) is 0.709. The van der Waals surface area contributed by atoms with E-state index in [2.05, 4.69) is 24.3 Å². The first-order chi connectivity index (χ1) is 8.25. The standard InChI is InChI=1S/C15H12Cl2/c16-14-10-9-13(11-15(14)17)8-4-7-12-5-2-1-3-6-12/h1-7,9-11H,8H2/b7-4+. The maximum atomic E-state index is 5.95. The smallest absolute Gasteiger partial charge is 0.0595 e. The van der Waals surface area contributed by atoms with Crippen molar-refractivity contribution >= 4 is 29.3 Å². The molecule has 17 heavy (non-hydrogen) atoms. The van der Waals surface area contributed by atoms with Crippen LogP contribution in [-0.4, -0.2) is 0 Å². The van der Waals surface area contributed by atoms with E-state index in [4.69, 9.17) is 23.2 Å². The largest absolute Gasteiger partial charge is 0.0827 e. The van der Waals surface area contributed by atoms with E-state index in [1.54, 1.807) is 0 Å². The number of hydrogen-bond donors (Lipinski definition) is 0. The molecule has 0 aliphatic heterocycles. The minimum absolute atomic E-state index is 0.599. The molecule has 0 atom stereocenters. The van der Waals surface area contributed by atoms with Gasteiger partial charge < -0.3 is 0 Å². The molecule has 0 nitrogen and oxygen atoms in total. The summed E-state index contributed by atoms with van der Waals surface area (Å²) in [5, 5.41) is 1.21. The van der Waals surface area contributed by atoms with Crippen molar-refractivity contribution in [3.05, 3.63) is 75.8 Å². The third-order valence-electron chi connectivity index (χ3n) is 2.45. The second kappa shape index (κ2) is 5.90. The van der Waals surface area contributed by atoms with Gasteiger partial charge in [-0.25, -0.2) is 0 Å². The van der Waals surface area contributed by atoms with Gasteiger partial charge in [0.1, 0.15) is 0 Å². The Hall–Kier alpha value is -1.24. The van der Waals surface area contributed by atoms with Crippen molar-refractivity contribution in [1.29, 1.82) is 0 Å². The predicted octanol–water partition coefficient (Wildman–Crippen LogP) is 5.25. The van der Waals surface area contributed by atoms with Crippen LogP contribution in [0, 0.1) is 0 Å². The van der Waals surface area contributed by atoms with E-state index in [9.17, 15) is 0 Å². The molecular weight excluding hydrogens is 251 g/mol. The summed E-state index contributed by atoms with van der Waals surface area (Å²) >= 11 is 11.8. The third kappa shape index (κ3) is 3.62. The number of hydrogen-bond acceptors (Lipinski definition) is 0. The molecule has 0 bridgehead atoms. The Kier molecular flexibility index (Phi) is 4.24. The van der Waals surface area contributed by atoms with Gasteiger partial charge in [-0.2, -0.15) is 0 Å². The highest BCUT2D eigenvalue weighted by atomic mass is 35.5. The molecule has 2 rings (SSSR count). The zero-order valence-corrected chi connectivity index (χ0v) is 10.7. The van der Waals surface area contributed by atoms with Crippen LogP contribution >= 0.6 is 23.2 Å². The number of allylic oxidation sites excluding steroid dienone is 1. The Balaban J connectivity index is 2.03. The molecule has 2 aromatic rings. The third-order valence-corrected chi connectivity index (χ3v) is 3.19. The first kappa shape index (κ1) is 12.2. The van der Waals surface area contributed by atoms with Gasteiger partial charge in [0.05, 0.1) is 10.0 Å². The van der Waals surface area contributed by atoms with Crippen LogP contribution in [0.4, 0.5) is 0 Å². The Labute approximate surface area is 112 Å². The fourth-order valence-electron chi connectivity index (χ4n) is 1.56. The molecule has 0 fully saturated rings. The van der Waals surface area contributed by atoms with Crippen LogP contribution in [0.2, 0.25) is 10.0 Å². The van der Waals surface area contributed by atoms with Gasteiger partial charge in [-0.15, -0.1) is 0 Å². The number of halogens is 2. The first-order valence-electron chi connectivity index (χ1n) is 5.41. The van der Waals surface area contributed by atoms with Gasteiger partial charge in [0.25, 0.3) is 0 Å². The highest BCUT2D eigenvalue weighted by molar-refractivity contribution is 6.42. The minimum Gasteiger partial charge on any atom is -0.0827 e. The minimum atomic E-state index is 0.599. The molecule has 0 saturated heterocycles. The summed E-state index contributed by atoms with van der Waals surface area (Å²) in [6.07, 6.45) is 5.07. The van der Waals surface area contributed by atoms with Crippen LogP contribution in [0.1, 0.15) is 11.1 Å². The second-order valence-corrected chi connectivity index (χ2v) is 4.58. The zero-order valence-electron chi connectivity index (χ0n) is 9.24. The van der Waals surface area contributed by atoms with Gasteiger partial charge in [-0.3, -0.25) is 0 Å². The summed E-state index contributed by atoms with van der Waals surface area (Å²) in [7, 11) is 0. The first-order valence-corrected chi connectivity index (χ1v) is 6.17. The second-order valence-electron chi connectivity index (χ2n) is 3.77. The van der Waals surface area contributed by atoms with Crippen molar-refractivity contribution in [2.75, 3.05) is 0 Å². The normalized spacial score (nSPS) is 10.9. The van der Waals surface area contributed by atoms with Gasteiger partial charge in [-0.1, -0.05) is 71.8 Å². The maximum Gasteiger partial charge on any atom is 0.0595 e. The van der Waals surface area contributed by atoms with Crippen molar-refractivity contribution < 1.29 is 0 Å². The summed E-state index contributed by atoms with van der Waals surface area (Å²) in [5.74, 6) is 0.